The number of Topliss-reactive ketones (excluding diaryl/α,β-unsaturated/α-hetero) is 2. The van der Waals surface area contributed by atoms with Crippen molar-refractivity contribution in [2.24, 2.45) is 0 Å². The van der Waals surface area contributed by atoms with Gasteiger partial charge < -0.3 is 0 Å². The van der Waals surface area contributed by atoms with Crippen LogP contribution in [0.3, 0.4) is 0 Å². The molecule has 1 N–H and O–H groups in total. The number of hydrogen-bond acceptors (Lipinski definition) is 6. The Bertz CT molecular complexity index is 1440. The first kappa shape index (κ1) is 30.3. The number of anilines is 1. The molecule has 0 fully saturated rings. The summed E-state index contributed by atoms with van der Waals surface area (Å²) in [5.74, 6) is 0.0775. The number of carbonyl (C=O) groups excluding carboxylic acids is 4. The molecule has 9 heteroatoms. The van der Waals surface area contributed by atoms with E-state index in [0.29, 0.717) is 60.3 Å². The molecule has 212 valence electrons. The third kappa shape index (κ3) is 7.97. The van der Waals surface area contributed by atoms with Gasteiger partial charge in [-0.1, -0.05) is 24.3 Å². The van der Waals surface area contributed by atoms with Crippen LogP contribution < -0.4 is 19.4 Å². The van der Waals surface area contributed by atoms with Gasteiger partial charge in [0.05, 0.1) is 7.11 Å². The molecule has 0 heterocycles. The fourth-order valence-electron chi connectivity index (χ4n) is 4.32. The first-order valence-electron chi connectivity index (χ1n) is 13.3. The summed E-state index contributed by atoms with van der Waals surface area (Å²) in [5.41, 5.74) is 1.77. The van der Waals surface area contributed by atoms with Crippen molar-refractivity contribution in [1.82, 2.24) is 5.32 Å². The predicted octanol–water partition coefficient (Wildman–Crippen LogP) is 4.46. The molecule has 7 nitrogen and oxygen atoms in total. The standard InChI is InChI=1S/C32H32N2O5SSe/c1-22-30(37)26-11-6-7-12-27(26)31(38)32(22)40-19-17-29(36)34(23-13-15-24(39-2)16-14-23)21-28(35)33-18-8-20-41-25-9-4-3-5-10-25/h3-7,9-16H,8,17-21H2,1-2H3,(H,33,35). The van der Waals surface area contributed by atoms with E-state index < -0.39 is 0 Å². The van der Waals surface area contributed by atoms with Gasteiger partial charge in [-0.05, 0) is 6.92 Å². The van der Waals surface area contributed by atoms with Crippen molar-refractivity contribution >= 4 is 60.2 Å². The van der Waals surface area contributed by atoms with Crippen molar-refractivity contribution in [3.63, 3.8) is 0 Å². The minimum atomic E-state index is -0.251. The molecule has 1 aliphatic rings. The van der Waals surface area contributed by atoms with Crippen LogP contribution in [0.1, 0.15) is 40.5 Å². The Balaban J connectivity index is 1.35. The maximum absolute atomic E-state index is 13.4. The van der Waals surface area contributed by atoms with Crippen molar-refractivity contribution in [3.05, 3.63) is 100 Å². The third-order valence-corrected chi connectivity index (χ3v) is 10.0. The van der Waals surface area contributed by atoms with Gasteiger partial charge in [-0.3, -0.25) is 9.59 Å². The topological polar surface area (TPSA) is 92.8 Å². The normalized spacial score (nSPS) is 12.6. The molecule has 0 saturated heterocycles. The number of benzene rings is 3. The number of rotatable bonds is 13. The molecule has 0 bridgehead atoms. The molecule has 0 aliphatic heterocycles. The summed E-state index contributed by atoms with van der Waals surface area (Å²) in [6.07, 6.45) is 0.946. The summed E-state index contributed by atoms with van der Waals surface area (Å²) >= 11 is 1.56. The third-order valence-electron chi connectivity index (χ3n) is 6.51. The second kappa shape index (κ2) is 14.8. The van der Waals surface area contributed by atoms with Gasteiger partial charge >= 0.3 is 175 Å². The van der Waals surface area contributed by atoms with Crippen LogP contribution in [0.25, 0.3) is 0 Å². The molecule has 0 atom stereocenters. The number of nitrogens with one attached hydrogen (secondary N) is 1. The van der Waals surface area contributed by atoms with Gasteiger partial charge in [-0.2, -0.15) is 0 Å². The number of hydrogen-bond donors (Lipinski definition) is 1. The van der Waals surface area contributed by atoms with Gasteiger partial charge in [0.25, 0.3) is 0 Å². The number of thioether (sulfide) groups is 1. The Morgan fingerprint density at radius 3 is 2.24 bits per heavy atom. The van der Waals surface area contributed by atoms with Gasteiger partial charge in [0.1, 0.15) is 0 Å². The first-order chi connectivity index (χ1) is 19.9. The second-order valence-electron chi connectivity index (χ2n) is 9.30. The van der Waals surface area contributed by atoms with Gasteiger partial charge in [-0.15, -0.1) is 0 Å². The molecule has 1 aliphatic carbocycles. The van der Waals surface area contributed by atoms with Crippen LogP contribution in [0, 0.1) is 0 Å². The van der Waals surface area contributed by atoms with Crippen LogP contribution in [0.4, 0.5) is 5.69 Å². The van der Waals surface area contributed by atoms with E-state index in [1.807, 2.05) is 18.2 Å². The Morgan fingerprint density at radius 2 is 1.56 bits per heavy atom. The Hall–Kier alpha value is -3.65. The van der Waals surface area contributed by atoms with E-state index in [1.165, 1.54) is 21.1 Å². The van der Waals surface area contributed by atoms with Gasteiger partial charge in [-0.25, -0.2) is 0 Å². The van der Waals surface area contributed by atoms with Crippen LogP contribution >= 0.6 is 11.8 Å². The molecule has 0 saturated carbocycles. The molecule has 0 aromatic heterocycles. The van der Waals surface area contributed by atoms with Crippen LogP contribution in [0.15, 0.2) is 89.3 Å². The van der Waals surface area contributed by atoms with E-state index in [0.717, 1.165) is 11.7 Å². The summed E-state index contributed by atoms with van der Waals surface area (Å²) in [6, 6.07) is 24.1. The average Bonchev–Trinajstić information content (AvgIpc) is 3.00. The number of allylic oxidation sites excluding steroid dienone is 2. The van der Waals surface area contributed by atoms with Gasteiger partial charge in [0, 0.05) is 16.7 Å². The van der Waals surface area contributed by atoms with E-state index in [-0.39, 0.29) is 36.3 Å². The minimum absolute atomic E-state index is 0.0868. The SMILES string of the molecule is COc1ccc(N(CC(=O)NCCC[Se]c2ccccc2)C(=O)CCSC2=C(C)C(=O)c3ccccc3C2=O)cc1. The molecular formula is C32H32N2O5SSe. The second-order valence-corrected chi connectivity index (χ2v) is 12.9. The van der Waals surface area contributed by atoms with Gasteiger partial charge in [0.2, 0.25) is 0 Å². The summed E-state index contributed by atoms with van der Waals surface area (Å²) in [5, 5.41) is 3.95. The Morgan fingerprint density at radius 1 is 0.902 bits per heavy atom. The summed E-state index contributed by atoms with van der Waals surface area (Å²) in [4.78, 5) is 53.8. The summed E-state index contributed by atoms with van der Waals surface area (Å²) < 4.78 is 6.56. The number of fused-ring (bicyclic) bond motifs is 1. The molecule has 0 radical (unpaired) electrons. The van der Waals surface area contributed by atoms with E-state index >= 15 is 0 Å². The number of carbonyl (C=O) groups is 4. The molecule has 41 heavy (non-hydrogen) atoms. The van der Waals surface area contributed by atoms with Crippen LogP contribution in [-0.2, 0) is 9.59 Å². The maximum atomic E-state index is 13.4. The van der Waals surface area contributed by atoms with Crippen LogP contribution in [-0.4, -0.2) is 64.3 Å². The van der Waals surface area contributed by atoms with Crippen molar-refractivity contribution in [3.8, 4) is 5.75 Å². The Labute approximate surface area is 250 Å². The molecule has 3 aromatic rings. The van der Waals surface area contributed by atoms with E-state index in [9.17, 15) is 19.2 Å². The van der Waals surface area contributed by atoms with Crippen molar-refractivity contribution in [1.29, 1.82) is 0 Å². The fourth-order valence-corrected chi connectivity index (χ4v) is 7.18. The molecular weight excluding hydrogens is 603 g/mol. The molecule has 0 unspecified atom stereocenters. The zero-order valence-corrected chi connectivity index (χ0v) is 25.6. The van der Waals surface area contributed by atoms with E-state index in [4.69, 9.17) is 4.74 Å². The molecule has 0 spiro atoms. The zero-order chi connectivity index (χ0) is 29.2. The quantitative estimate of drug-likeness (QED) is 0.220. The van der Waals surface area contributed by atoms with Crippen molar-refractivity contribution in [2.45, 2.75) is 25.1 Å². The van der Waals surface area contributed by atoms with Crippen LogP contribution in [0.2, 0.25) is 5.32 Å². The van der Waals surface area contributed by atoms with E-state index in [1.54, 1.807) is 62.6 Å². The zero-order valence-electron chi connectivity index (χ0n) is 23.1. The number of methoxy groups -OCH3 is 1. The average molecular weight is 636 g/mol. The number of ketones is 2. The first-order valence-corrected chi connectivity index (χ1v) is 16.4. The molecule has 3 aromatic carbocycles. The number of nitrogens with zero attached hydrogens (tertiary/aromatic N) is 1. The summed E-state index contributed by atoms with van der Waals surface area (Å²) in [7, 11) is 1.56. The number of amides is 2. The molecule has 2 amide bonds. The van der Waals surface area contributed by atoms with Crippen LogP contribution in [0.5, 0.6) is 5.75 Å². The predicted molar refractivity (Wildman–Crippen MR) is 164 cm³/mol. The van der Waals surface area contributed by atoms with Crippen molar-refractivity contribution < 1.29 is 23.9 Å². The number of ether oxygens (including phenoxy) is 1. The monoisotopic (exact) mass is 636 g/mol. The van der Waals surface area contributed by atoms with Gasteiger partial charge in [0.15, 0.2) is 11.6 Å². The van der Waals surface area contributed by atoms with Crippen molar-refractivity contribution in [2.75, 3.05) is 30.9 Å². The van der Waals surface area contributed by atoms with E-state index in [2.05, 4.69) is 17.4 Å². The Kier molecular flexibility index (Phi) is 11.0. The molecule has 4 rings (SSSR count). The fraction of sp³-hybridized carbons (Fsp3) is 0.250. The summed E-state index contributed by atoms with van der Waals surface area (Å²) in [6.45, 7) is 2.07.